The molecule has 0 amide bonds. The van der Waals surface area contributed by atoms with Crippen molar-refractivity contribution >= 4 is 46.5 Å². The van der Waals surface area contributed by atoms with Gasteiger partial charge in [-0.15, -0.1) is 0 Å². The molecule has 1 aliphatic rings. The number of thiocarbonyl (C=S) groups is 1. The Bertz CT molecular complexity index is 1510. The van der Waals surface area contributed by atoms with Gasteiger partial charge < -0.3 is 15.3 Å². The number of likely N-dealkylation sites (tertiary alicyclic amines) is 1. The average Bonchev–Trinajstić information content (AvgIpc) is 2.98. The molecule has 0 unspecified atom stereocenters. The van der Waals surface area contributed by atoms with E-state index in [0.29, 0.717) is 35.7 Å². The molecule has 3 N–H and O–H groups in total. The number of aryl methyl sites for hydroxylation is 3. The van der Waals surface area contributed by atoms with Crippen molar-refractivity contribution in [2.75, 3.05) is 23.7 Å². The summed E-state index contributed by atoms with van der Waals surface area (Å²) in [6.45, 7) is 7.15. The summed E-state index contributed by atoms with van der Waals surface area (Å²) in [6.07, 6.45) is 1.47. The van der Waals surface area contributed by atoms with Gasteiger partial charge in [0.25, 0.3) is 0 Å². The molecule has 0 aliphatic carbocycles. The van der Waals surface area contributed by atoms with Crippen LogP contribution in [0.1, 0.15) is 40.9 Å². The molecule has 42 heavy (non-hydrogen) atoms. The molecule has 3 aromatic carbocycles. The third-order valence-electron chi connectivity index (χ3n) is 7.59. The zero-order chi connectivity index (χ0) is 29.7. The molecular weight excluding hydrogens is 564 g/mol. The highest BCUT2D eigenvalue weighted by atomic mass is 35.5. The summed E-state index contributed by atoms with van der Waals surface area (Å²) in [5, 5.41) is 19.6. The van der Waals surface area contributed by atoms with Gasteiger partial charge in [-0.2, -0.15) is 4.99 Å². The van der Waals surface area contributed by atoms with Crippen LogP contribution in [0.15, 0.2) is 89.9 Å². The second kappa shape index (κ2) is 13.0. The summed E-state index contributed by atoms with van der Waals surface area (Å²) in [6, 6.07) is 27.5. The Morgan fingerprint density at radius 2 is 1.45 bits per heavy atom. The highest BCUT2D eigenvalue weighted by molar-refractivity contribution is 7.80. The van der Waals surface area contributed by atoms with Crippen molar-refractivity contribution in [1.82, 2.24) is 14.9 Å². The predicted molar refractivity (Wildman–Crippen MR) is 175 cm³/mol. The number of hydrogen-bond donors (Lipinski definition) is 3. The fourth-order valence-corrected chi connectivity index (χ4v) is 6.03. The van der Waals surface area contributed by atoms with Crippen LogP contribution >= 0.6 is 23.8 Å². The average molecular weight is 599 g/mol. The van der Waals surface area contributed by atoms with Crippen LogP contribution in [0.2, 0.25) is 5.02 Å². The summed E-state index contributed by atoms with van der Waals surface area (Å²) in [4.78, 5) is 16.0. The van der Waals surface area contributed by atoms with E-state index in [1.165, 1.54) is 0 Å². The molecule has 0 radical (unpaired) electrons. The zero-order valence-electron chi connectivity index (χ0n) is 24.0. The third-order valence-corrected chi connectivity index (χ3v) is 8.10. The lowest BCUT2D eigenvalue weighted by Gasteiger charge is -2.43. The smallest absolute Gasteiger partial charge is 0.229 e. The van der Waals surface area contributed by atoms with Gasteiger partial charge in [0.05, 0.1) is 10.7 Å². The van der Waals surface area contributed by atoms with Crippen molar-refractivity contribution in [3.8, 4) is 0 Å². The Labute approximate surface area is 257 Å². The Morgan fingerprint density at radius 3 is 2.00 bits per heavy atom. The summed E-state index contributed by atoms with van der Waals surface area (Å²) in [5.74, 6) is 0.991. The minimum atomic E-state index is -1.12. The first-order valence-electron chi connectivity index (χ1n) is 14.1. The number of aliphatic imine (C=N–C) groups is 1. The fourth-order valence-electron chi connectivity index (χ4n) is 5.55. The number of aromatic nitrogens is 2. The third kappa shape index (κ3) is 6.78. The van der Waals surface area contributed by atoms with E-state index in [-0.39, 0.29) is 11.0 Å². The normalized spacial score (nSPS) is 14.5. The van der Waals surface area contributed by atoms with Crippen LogP contribution in [0.25, 0.3) is 0 Å². The first-order valence-corrected chi connectivity index (χ1v) is 14.8. The first-order chi connectivity index (χ1) is 20.2. The summed E-state index contributed by atoms with van der Waals surface area (Å²) >= 11 is 12.1. The fraction of sp³-hybridized carbons (Fsp3) is 0.273. The molecule has 0 saturated carbocycles. The molecule has 9 heteroatoms. The quantitative estimate of drug-likeness (QED) is 0.131. The van der Waals surface area contributed by atoms with Gasteiger partial charge >= 0.3 is 0 Å². The standard InChI is InChI=1S/C33H35ClN6OS/c1-22-14-15-29(28(34)20-22)37-32(42)39-31(38-30-35-23(2)21-24(3)36-30)40-18-16-27(17-19-40)33(41,25-10-6-4-7-11-25)26-12-8-5-9-13-26/h4-15,20-21,27,41H,16-19H2,1-3H3,(H2,35,36,37,38,39,42). The van der Waals surface area contributed by atoms with Gasteiger partial charge in [-0.25, -0.2) is 9.97 Å². The van der Waals surface area contributed by atoms with E-state index in [1.54, 1.807) is 0 Å². The lowest BCUT2D eigenvalue weighted by atomic mass is 9.72. The van der Waals surface area contributed by atoms with Crippen molar-refractivity contribution in [3.63, 3.8) is 0 Å². The van der Waals surface area contributed by atoms with E-state index in [0.717, 1.165) is 40.9 Å². The molecule has 7 nitrogen and oxygen atoms in total. The molecular formula is C33H35ClN6OS. The van der Waals surface area contributed by atoms with Crippen LogP contribution in [-0.2, 0) is 5.60 Å². The maximum Gasteiger partial charge on any atom is 0.229 e. The first kappa shape index (κ1) is 29.6. The lowest BCUT2D eigenvalue weighted by molar-refractivity contribution is -0.00653. The van der Waals surface area contributed by atoms with Gasteiger partial charge in [0, 0.05) is 24.5 Å². The number of nitrogens with one attached hydrogen (secondary N) is 2. The van der Waals surface area contributed by atoms with Gasteiger partial charge in [0.1, 0.15) is 5.60 Å². The number of guanidine groups is 1. The van der Waals surface area contributed by atoms with E-state index in [9.17, 15) is 5.11 Å². The maximum atomic E-state index is 12.3. The van der Waals surface area contributed by atoms with Crippen LogP contribution in [0, 0.1) is 26.7 Å². The van der Waals surface area contributed by atoms with Crippen LogP contribution in [0.4, 0.5) is 11.6 Å². The highest BCUT2D eigenvalue weighted by Crippen LogP contribution is 2.42. The lowest BCUT2D eigenvalue weighted by Crippen LogP contribution is -2.48. The molecule has 1 saturated heterocycles. The van der Waals surface area contributed by atoms with Gasteiger partial charge in [0.15, 0.2) is 0 Å². The zero-order valence-corrected chi connectivity index (χ0v) is 25.6. The second-order valence-corrected chi connectivity index (χ2v) is 11.5. The minimum Gasteiger partial charge on any atom is -0.380 e. The van der Waals surface area contributed by atoms with E-state index in [4.69, 9.17) is 28.8 Å². The van der Waals surface area contributed by atoms with Crippen LogP contribution in [0.5, 0.6) is 0 Å². The number of nitrogens with zero attached hydrogens (tertiary/aromatic N) is 4. The van der Waals surface area contributed by atoms with Crippen LogP contribution < -0.4 is 10.6 Å². The molecule has 0 bridgehead atoms. The number of halogens is 1. The van der Waals surface area contributed by atoms with E-state index < -0.39 is 5.60 Å². The molecule has 2 heterocycles. The van der Waals surface area contributed by atoms with E-state index in [1.807, 2.05) is 106 Å². The van der Waals surface area contributed by atoms with Crippen LogP contribution in [0.3, 0.4) is 0 Å². The van der Waals surface area contributed by atoms with Gasteiger partial charge in [-0.1, -0.05) is 78.3 Å². The Morgan fingerprint density at radius 1 is 0.881 bits per heavy atom. The Balaban J connectivity index is 1.41. The SMILES string of the molecule is Cc1ccc(NC(=S)/N=C(/Nc2nc(C)cc(C)n2)N2CCC(C(O)(c3ccccc3)c3ccccc3)CC2)c(Cl)c1. The number of piperidine rings is 1. The molecule has 1 aromatic heterocycles. The van der Waals surface area contributed by atoms with Crippen molar-refractivity contribution < 1.29 is 5.11 Å². The number of benzene rings is 3. The van der Waals surface area contributed by atoms with Crippen molar-refractivity contribution in [2.24, 2.45) is 10.9 Å². The Kier molecular flexibility index (Phi) is 9.16. The number of anilines is 2. The van der Waals surface area contributed by atoms with Gasteiger partial charge in [-0.05, 0) is 86.6 Å². The molecule has 216 valence electrons. The monoisotopic (exact) mass is 598 g/mol. The second-order valence-electron chi connectivity index (χ2n) is 10.7. The van der Waals surface area contributed by atoms with Crippen molar-refractivity contribution in [3.05, 3.63) is 118 Å². The Hall–Kier alpha value is -3.85. The van der Waals surface area contributed by atoms with Gasteiger partial charge in [0.2, 0.25) is 17.0 Å². The molecule has 5 rings (SSSR count). The molecule has 1 aliphatic heterocycles. The molecule has 0 spiro atoms. The minimum absolute atomic E-state index is 0.00583. The predicted octanol–water partition coefficient (Wildman–Crippen LogP) is 6.87. The molecule has 1 fully saturated rings. The van der Waals surface area contributed by atoms with Crippen molar-refractivity contribution in [2.45, 2.75) is 39.2 Å². The molecule has 0 atom stereocenters. The highest BCUT2D eigenvalue weighted by Gasteiger charge is 2.42. The number of rotatable bonds is 5. The summed E-state index contributed by atoms with van der Waals surface area (Å²) in [5.41, 5.74) is 4.12. The van der Waals surface area contributed by atoms with E-state index in [2.05, 4.69) is 25.5 Å². The van der Waals surface area contributed by atoms with Crippen LogP contribution in [-0.4, -0.2) is 44.1 Å². The number of hydrogen-bond acceptors (Lipinski definition) is 4. The summed E-state index contributed by atoms with van der Waals surface area (Å²) in [7, 11) is 0. The topological polar surface area (TPSA) is 85.7 Å². The number of aliphatic hydroxyl groups is 1. The summed E-state index contributed by atoms with van der Waals surface area (Å²) < 4.78 is 0. The molecule has 4 aromatic rings. The van der Waals surface area contributed by atoms with Gasteiger partial charge in [-0.3, -0.25) is 5.32 Å². The maximum absolute atomic E-state index is 12.3. The largest absolute Gasteiger partial charge is 0.380 e. The van der Waals surface area contributed by atoms with E-state index >= 15 is 0 Å². The van der Waals surface area contributed by atoms with Crippen molar-refractivity contribution in [1.29, 1.82) is 0 Å².